The molecule has 0 atom stereocenters. The lowest BCUT2D eigenvalue weighted by molar-refractivity contribution is 1.08. The van der Waals surface area contributed by atoms with Gasteiger partial charge in [0.25, 0.3) is 0 Å². The van der Waals surface area contributed by atoms with Gasteiger partial charge in [-0.1, -0.05) is 128 Å². The minimum Gasteiger partial charge on any atom is -0.314 e. The molecule has 0 amide bonds. The Morgan fingerprint density at radius 2 is 1.22 bits per heavy atom. The molecule has 6 aromatic carbocycles. The van der Waals surface area contributed by atoms with E-state index in [4.69, 9.17) is 0 Å². The topological polar surface area (TPSA) is 8.17 Å². The maximum absolute atomic E-state index is 2.39. The molecular weight excluding hydrogens is 593 g/mol. The molecule has 0 N–H and O–H groups in total. The summed E-state index contributed by atoms with van der Waals surface area (Å²) in [6.45, 7) is 8.95. The Balaban J connectivity index is 1.31. The Morgan fingerprint density at radius 3 is 1.96 bits per heavy atom. The molecule has 1 heterocycles. The number of aryl methyl sites for hydroxylation is 1. The van der Waals surface area contributed by atoms with Crippen LogP contribution in [0.25, 0.3) is 44.6 Å². The molecule has 0 saturated heterocycles. The van der Waals surface area contributed by atoms with Gasteiger partial charge in [-0.2, -0.15) is 0 Å². The zero-order chi connectivity index (χ0) is 33.7. The second-order valence-electron chi connectivity index (χ2n) is 12.6. The van der Waals surface area contributed by atoms with E-state index in [0.29, 0.717) is 0 Å². The molecule has 0 aliphatic rings. The molecule has 0 aliphatic heterocycles. The number of aromatic nitrogens is 1. The second-order valence-corrected chi connectivity index (χ2v) is 12.6. The lowest BCUT2D eigenvalue weighted by atomic mass is 10.0. The van der Waals surface area contributed by atoms with E-state index in [-0.39, 0.29) is 0 Å². The van der Waals surface area contributed by atoms with Gasteiger partial charge in [-0.25, -0.2) is 0 Å². The molecular formula is C47H42N2. The van der Waals surface area contributed by atoms with Gasteiger partial charge < -0.3 is 9.47 Å². The zero-order valence-electron chi connectivity index (χ0n) is 28.8. The number of anilines is 2. The Labute approximate surface area is 290 Å². The van der Waals surface area contributed by atoms with Crippen molar-refractivity contribution in [3.8, 4) is 16.8 Å². The number of hydrogen-bond acceptors (Lipinski definition) is 1. The fourth-order valence-corrected chi connectivity index (χ4v) is 6.94. The number of para-hydroxylation sites is 2. The first-order valence-electron chi connectivity index (χ1n) is 17.2. The summed E-state index contributed by atoms with van der Waals surface area (Å²) >= 11 is 0. The first-order chi connectivity index (χ1) is 24.0. The maximum Gasteiger partial charge on any atom is 0.0537 e. The summed E-state index contributed by atoms with van der Waals surface area (Å²) in [7, 11) is 0. The minimum absolute atomic E-state index is 0.927. The van der Waals surface area contributed by atoms with E-state index in [9.17, 15) is 0 Å². The Hall–Kier alpha value is -5.86. The van der Waals surface area contributed by atoms with Crippen molar-refractivity contribution in [1.82, 2.24) is 4.57 Å². The highest BCUT2D eigenvalue weighted by atomic mass is 15.1. The van der Waals surface area contributed by atoms with Gasteiger partial charge in [0.15, 0.2) is 0 Å². The summed E-state index contributed by atoms with van der Waals surface area (Å²) in [5.41, 5.74) is 13.4. The van der Waals surface area contributed by atoms with Crippen LogP contribution in [0.5, 0.6) is 0 Å². The van der Waals surface area contributed by atoms with Crippen molar-refractivity contribution in [1.29, 1.82) is 0 Å². The third-order valence-electron chi connectivity index (χ3n) is 9.55. The van der Waals surface area contributed by atoms with Crippen molar-refractivity contribution in [3.05, 3.63) is 192 Å². The van der Waals surface area contributed by atoms with Crippen LogP contribution in [0.15, 0.2) is 181 Å². The average molecular weight is 635 g/mol. The summed E-state index contributed by atoms with van der Waals surface area (Å²) in [6, 6.07) is 54.1. The van der Waals surface area contributed by atoms with Crippen molar-refractivity contribution in [2.24, 2.45) is 0 Å². The number of fused-ring (bicyclic) bond motifs is 2. The van der Waals surface area contributed by atoms with Crippen LogP contribution in [0.1, 0.15) is 38.4 Å². The highest BCUT2D eigenvalue weighted by Crippen LogP contribution is 2.37. The van der Waals surface area contributed by atoms with Gasteiger partial charge >= 0.3 is 0 Å². The van der Waals surface area contributed by atoms with E-state index in [1.807, 2.05) is 0 Å². The summed E-state index contributed by atoms with van der Waals surface area (Å²) in [5, 5.41) is 3.74. The first kappa shape index (κ1) is 31.7. The van der Waals surface area contributed by atoms with Gasteiger partial charge in [-0.05, 0) is 109 Å². The second kappa shape index (κ2) is 14.1. The molecule has 7 aromatic rings. The number of rotatable bonds is 9. The predicted molar refractivity (Wildman–Crippen MR) is 212 cm³/mol. The van der Waals surface area contributed by atoms with Gasteiger partial charge in [0.1, 0.15) is 0 Å². The van der Waals surface area contributed by atoms with Crippen molar-refractivity contribution >= 4 is 39.1 Å². The van der Waals surface area contributed by atoms with Crippen molar-refractivity contribution in [2.75, 3.05) is 4.90 Å². The molecule has 0 saturated carbocycles. The molecule has 7 rings (SSSR count). The predicted octanol–water partition coefficient (Wildman–Crippen LogP) is 13.2. The lowest BCUT2D eigenvalue weighted by Gasteiger charge is -2.27. The fourth-order valence-electron chi connectivity index (χ4n) is 6.94. The summed E-state index contributed by atoms with van der Waals surface area (Å²) < 4.78 is 2.39. The molecule has 0 radical (unpaired) electrons. The number of benzene rings is 6. The Bertz CT molecular complexity index is 2310. The largest absolute Gasteiger partial charge is 0.314 e. The molecule has 0 bridgehead atoms. The Kier molecular flexibility index (Phi) is 9.12. The van der Waals surface area contributed by atoms with Gasteiger partial charge in [0.2, 0.25) is 0 Å². The SMILES string of the molecule is CCC(=C\C=C(/C)N(c1ccc(-c2ccccc2)cc1)c1cccc2ccccc12)/C(C)=C/c1c(C)c2ccccc2n1-c1ccccc1. The highest BCUT2D eigenvalue weighted by molar-refractivity contribution is 5.97. The summed E-state index contributed by atoms with van der Waals surface area (Å²) in [6.07, 6.45) is 7.88. The smallest absolute Gasteiger partial charge is 0.0537 e. The first-order valence-corrected chi connectivity index (χ1v) is 17.2. The van der Waals surface area contributed by atoms with Crippen LogP contribution in [0, 0.1) is 6.92 Å². The van der Waals surface area contributed by atoms with Crippen molar-refractivity contribution < 1.29 is 0 Å². The van der Waals surface area contributed by atoms with E-state index in [2.05, 4.69) is 207 Å². The van der Waals surface area contributed by atoms with E-state index < -0.39 is 0 Å². The number of hydrogen-bond donors (Lipinski definition) is 0. The lowest BCUT2D eigenvalue weighted by Crippen LogP contribution is -2.14. The van der Waals surface area contributed by atoms with Crippen LogP contribution in [0.4, 0.5) is 11.4 Å². The monoisotopic (exact) mass is 634 g/mol. The van der Waals surface area contributed by atoms with Gasteiger partial charge in [-0.3, -0.25) is 0 Å². The number of nitrogens with zero attached hydrogens (tertiary/aromatic N) is 2. The zero-order valence-corrected chi connectivity index (χ0v) is 28.8. The van der Waals surface area contributed by atoms with Gasteiger partial charge in [0, 0.05) is 27.8 Å². The Morgan fingerprint density at radius 1 is 0.612 bits per heavy atom. The molecule has 2 heteroatoms. The van der Waals surface area contributed by atoms with E-state index in [1.165, 1.54) is 66.6 Å². The van der Waals surface area contributed by atoms with Crippen molar-refractivity contribution in [3.63, 3.8) is 0 Å². The number of allylic oxidation sites excluding steroid dienone is 5. The molecule has 49 heavy (non-hydrogen) atoms. The van der Waals surface area contributed by atoms with Crippen LogP contribution in [-0.4, -0.2) is 4.57 Å². The van der Waals surface area contributed by atoms with Crippen LogP contribution < -0.4 is 4.90 Å². The average Bonchev–Trinajstić information content (AvgIpc) is 3.43. The maximum atomic E-state index is 2.39. The van der Waals surface area contributed by atoms with Crippen LogP contribution >= 0.6 is 0 Å². The standard InChI is InChI=1S/C47H42N2/c1-5-37(34(2)33-47-36(4)43-23-14-15-25-45(43)49(47)41-21-10-7-11-22-41)28-27-35(3)48(46-26-16-20-40-19-12-13-24-44(40)46)42-31-29-39(30-32-42)38-17-8-6-9-18-38/h6-33H,5H2,1-4H3/b34-33+,35-27+,37-28+. The molecule has 0 aliphatic carbocycles. The molecule has 0 unspecified atom stereocenters. The van der Waals surface area contributed by atoms with E-state index >= 15 is 0 Å². The van der Waals surface area contributed by atoms with E-state index in [1.54, 1.807) is 0 Å². The normalized spacial score (nSPS) is 12.5. The van der Waals surface area contributed by atoms with Crippen molar-refractivity contribution in [2.45, 2.75) is 34.1 Å². The highest BCUT2D eigenvalue weighted by Gasteiger charge is 2.16. The van der Waals surface area contributed by atoms with E-state index in [0.717, 1.165) is 17.8 Å². The molecule has 2 nitrogen and oxygen atoms in total. The third kappa shape index (κ3) is 6.38. The van der Waals surface area contributed by atoms with Gasteiger partial charge in [0.05, 0.1) is 16.9 Å². The summed E-state index contributed by atoms with van der Waals surface area (Å²) in [4.78, 5) is 2.39. The molecule has 0 spiro atoms. The minimum atomic E-state index is 0.927. The molecule has 240 valence electrons. The van der Waals surface area contributed by atoms with Crippen LogP contribution in [0.2, 0.25) is 0 Å². The quantitative estimate of drug-likeness (QED) is 0.143. The fraction of sp³-hybridized carbons (Fsp3) is 0.106. The molecule has 0 fully saturated rings. The van der Waals surface area contributed by atoms with Crippen LogP contribution in [-0.2, 0) is 0 Å². The van der Waals surface area contributed by atoms with Crippen LogP contribution in [0.3, 0.4) is 0 Å². The summed E-state index contributed by atoms with van der Waals surface area (Å²) in [5.74, 6) is 0. The third-order valence-corrected chi connectivity index (χ3v) is 9.55. The van der Waals surface area contributed by atoms with Gasteiger partial charge in [-0.15, -0.1) is 0 Å². The molecule has 1 aromatic heterocycles.